The maximum absolute atomic E-state index is 11.3. The van der Waals surface area contributed by atoms with E-state index in [1.54, 1.807) is 12.3 Å². The lowest BCUT2D eigenvalue weighted by molar-refractivity contribution is -0.137. The number of hydrogen-bond donors (Lipinski definition) is 1. The number of benzene rings is 2. The van der Waals surface area contributed by atoms with Crippen molar-refractivity contribution < 1.29 is 14.6 Å². The Hall–Kier alpha value is -3.17. The van der Waals surface area contributed by atoms with Crippen LogP contribution in [-0.2, 0) is 4.79 Å². The maximum Gasteiger partial charge on any atom is 0.304 e. The minimum Gasteiger partial charge on any atom is -0.481 e. The normalized spacial score (nSPS) is 11.5. The van der Waals surface area contributed by atoms with Crippen LogP contribution in [0.3, 0.4) is 0 Å². The molecule has 130 valence electrons. The summed E-state index contributed by atoms with van der Waals surface area (Å²) in [6.45, 7) is -0.00573. The second-order valence-corrected chi connectivity index (χ2v) is 6.55. The maximum atomic E-state index is 11.3. The van der Waals surface area contributed by atoms with Gasteiger partial charge in [-0.15, -0.1) is 11.3 Å². The fraction of sp³-hybridized carbons (Fsp3) is 0.150. The van der Waals surface area contributed by atoms with Gasteiger partial charge in [0.25, 0.3) is 0 Å². The van der Waals surface area contributed by atoms with E-state index in [4.69, 9.17) is 10.00 Å². The Bertz CT molecular complexity index is 932. The van der Waals surface area contributed by atoms with Gasteiger partial charge in [-0.2, -0.15) is 5.26 Å². The van der Waals surface area contributed by atoms with Crippen LogP contribution in [-0.4, -0.2) is 22.7 Å². The zero-order valence-corrected chi connectivity index (χ0v) is 14.6. The predicted molar refractivity (Wildman–Crippen MR) is 99.2 cm³/mol. The molecule has 0 radical (unpaired) electrons. The van der Waals surface area contributed by atoms with Gasteiger partial charge in [0.2, 0.25) is 0 Å². The van der Waals surface area contributed by atoms with Gasteiger partial charge in [-0.1, -0.05) is 36.4 Å². The van der Waals surface area contributed by atoms with Crippen LogP contribution in [0.25, 0.3) is 11.1 Å². The lowest BCUT2D eigenvalue weighted by Crippen LogP contribution is -2.07. The van der Waals surface area contributed by atoms with Crippen LogP contribution in [0.5, 0.6) is 5.75 Å². The van der Waals surface area contributed by atoms with Crippen molar-refractivity contribution in [2.45, 2.75) is 12.3 Å². The molecule has 0 aliphatic carbocycles. The van der Waals surface area contributed by atoms with Crippen molar-refractivity contribution in [1.82, 2.24) is 4.98 Å². The van der Waals surface area contributed by atoms with Crippen LogP contribution < -0.4 is 4.74 Å². The van der Waals surface area contributed by atoms with E-state index in [1.807, 2.05) is 53.9 Å². The molecule has 1 atom stereocenters. The van der Waals surface area contributed by atoms with Gasteiger partial charge in [-0.05, 0) is 28.8 Å². The Morgan fingerprint density at radius 3 is 2.69 bits per heavy atom. The molecule has 0 spiro atoms. The van der Waals surface area contributed by atoms with Gasteiger partial charge >= 0.3 is 5.97 Å². The number of thiazole rings is 1. The Balaban J connectivity index is 1.94. The summed E-state index contributed by atoms with van der Waals surface area (Å²) in [5, 5.41) is 20.6. The number of carboxylic acids is 1. The van der Waals surface area contributed by atoms with Crippen LogP contribution in [0, 0.1) is 11.3 Å². The molecule has 2 aromatic carbocycles. The second-order valence-electron chi connectivity index (χ2n) is 5.62. The highest BCUT2D eigenvalue weighted by molar-refractivity contribution is 7.09. The first-order valence-electron chi connectivity index (χ1n) is 7.98. The van der Waals surface area contributed by atoms with Gasteiger partial charge in [0.15, 0.2) is 6.61 Å². The summed E-state index contributed by atoms with van der Waals surface area (Å²) in [7, 11) is 0. The van der Waals surface area contributed by atoms with Crippen LogP contribution >= 0.6 is 11.3 Å². The third-order valence-corrected chi connectivity index (χ3v) is 4.78. The monoisotopic (exact) mass is 364 g/mol. The van der Waals surface area contributed by atoms with E-state index in [9.17, 15) is 9.90 Å². The summed E-state index contributed by atoms with van der Waals surface area (Å²) in [5.41, 5.74) is 2.80. The fourth-order valence-corrected chi connectivity index (χ4v) is 3.51. The van der Waals surface area contributed by atoms with Crippen molar-refractivity contribution in [3.05, 3.63) is 70.7 Å². The van der Waals surface area contributed by atoms with E-state index >= 15 is 0 Å². The molecule has 3 aromatic rings. The molecule has 3 rings (SSSR count). The van der Waals surface area contributed by atoms with Gasteiger partial charge < -0.3 is 9.84 Å². The minimum absolute atomic E-state index is 0.00573. The standard InChI is InChI=1S/C20H16N2O3S/c21-7-9-25-17-6-2-4-15(12-17)14-3-1-5-16(11-14)18(13-19(23)24)20-22-8-10-26-20/h1-6,8,10-12,18H,9,13H2,(H,23,24). The van der Waals surface area contributed by atoms with Crippen LogP contribution in [0.2, 0.25) is 0 Å². The lowest BCUT2D eigenvalue weighted by Gasteiger charge is -2.14. The Labute approximate surface area is 155 Å². The zero-order valence-electron chi connectivity index (χ0n) is 13.8. The van der Waals surface area contributed by atoms with Gasteiger partial charge in [0.05, 0.1) is 6.42 Å². The number of nitrogens with zero attached hydrogens (tertiary/aromatic N) is 2. The van der Waals surface area contributed by atoms with Gasteiger partial charge in [-0.25, -0.2) is 4.98 Å². The third kappa shape index (κ3) is 4.26. The summed E-state index contributed by atoms with van der Waals surface area (Å²) >= 11 is 1.46. The third-order valence-electron chi connectivity index (χ3n) is 3.89. The number of ether oxygens (including phenoxy) is 1. The Morgan fingerprint density at radius 2 is 2.00 bits per heavy atom. The van der Waals surface area contributed by atoms with Gasteiger partial charge in [-0.3, -0.25) is 4.79 Å². The van der Waals surface area contributed by atoms with E-state index in [0.717, 1.165) is 21.7 Å². The average molecular weight is 364 g/mol. The molecule has 26 heavy (non-hydrogen) atoms. The molecule has 0 bridgehead atoms. The van der Waals surface area contributed by atoms with Gasteiger partial charge in [0, 0.05) is 17.5 Å². The van der Waals surface area contributed by atoms with Crippen molar-refractivity contribution in [3.63, 3.8) is 0 Å². The largest absolute Gasteiger partial charge is 0.481 e. The molecular formula is C20H16N2O3S. The van der Waals surface area contributed by atoms with Crippen LogP contribution in [0.4, 0.5) is 0 Å². The topological polar surface area (TPSA) is 83.2 Å². The van der Waals surface area contributed by atoms with Crippen molar-refractivity contribution >= 4 is 17.3 Å². The fourth-order valence-electron chi connectivity index (χ4n) is 2.74. The molecule has 1 N–H and O–H groups in total. The molecule has 1 heterocycles. The molecule has 1 aromatic heterocycles. The molecule has 0 aliphatic heterocycles. The highest BCUT2D eigenvalue weighted by Gasteiger charge is 2.20. The SMILES string of the molecule is N#CCOc1cccc(-c2cccc(C(CC(=O)O)c3nccs3)c2)c1. The van der Waals surface area contributed by atoms with Crippen molar-refractivity contribution in [1.29, 1.82) is 5.26 Å². The average Bonchev–Trinajstić information content (AvgIpc) is 3.19. The second kappa shape index (κ2) is 8.28. The number of aliphatic carboxylic acids is 1. The number of carbonyl (C=O) groups is 1. The molecule has 0 saturated carbocycles. The Morgan fingerprint density at radius 1 is 1.23 bits per heavy atom. The molecule has 0 fully saturated rings. The molecule has 1 unspecified atom stereocenters. The van der Waals surface area contributed by atoms with Crippen molar-refractivity contribution in [2.24, 2.45) is 0 Å². The van der Waals surface area contributed by atoms with Crippen LogP contribution in [0.15, 0.2) is 60.1 Å². The number of aromatic nitrogens is 1. The molecule has 0 saturated heterocycles. The molecule has 5 nitrogen and oxygen atoms in total. The van der Waals surface area contributed by atoms with E-state index < -0.39 is 5.97 Å². The number of hydrogen-bond acceptors (Lipinski definition) is 5. The zero-order chi connectivity index (χ0) is 18.4. The highest BCUT2D eigenvalue weighted by atomic mass is 32.1. The first-order valence-corrected chi connectivity index (χ1v) is 8.86. The van der Waals surface area contributed by atoms with Crippen molar-refractivity contribution in [2.75, 3.05) is 6.61 Å². The quantitative estimate of drug-likeness (QED) is 0.675. The predicted octanol–water partition coefficient (Wildman–Crippen LogP) is 4.32. The van der Waals surface area contributed by atoms with E-state index in [1.165, 1.54) is 11.3 Å². The molecule has 0 amide bonds. The summed E-state index contributed by atoms with van der Waals surface area (Å²) < 4.78 is 5.36. The number of nitriles is 1. The lowest BCUT2D eigenvalue weighted by atomic mass is 9.93. The van der Waals surface area contributed by atoms with Crippen molar-refractivity contribution in [3.8, 4) is 22.9 Å². The summed E-state index contributed by atoms with van der Waals surface area (Å²) in [6, 6.07) is 17.2. The summed E-state index contributed by atoms with van der Waals surface area (Å²) in [6.07, 6.45) is 1.68. The first-order chi connectivity index (χ1) is 12.7. The van der Waals surface area contributed by atoms with E-state index in [0.29, 0.717) is 5.75 Å². The van der Waals surface area contributed by atoms with E-state index in [-0.39, 0.29) is 18.9 Å². The summed E-state index contributed by atoms with van der Waals surface area (Å²) in [4.78, 5) is 15.6. The Kier molecular flexibility index (Phi) is 5.62. The van der Waals surface area contributed by atoms with Gasteiger partial charge in [0.1, 0.15) is 16.8 Å². The first kappa shape index (κ1) is 17.6. The van der Waals surface area contributed by atoms with E-state index in [2.05, 4.69) is 4.98 Å². The molecule has 0 aliphatic rings. The molecule has 6 heteroatoms. The summed E-state index contributed by atoms with van der Waals surface area (Å²) in [5.74, 6) is -0.524. The number of carboxylic acid groups (broad SMARTS) is 1. The number of rotatable bonds is 7. The smallest absolute Gasteiger partial charge is 0.304 e. The highest BCUT2D eigenvalue weighted by Crippen LogP contribution is 2.33. The molecular weight excluding hydrogens is 348 g/mol. The minimum atomic E-state index is -0.859. The van der Waals surface area contributed by atoms with Crippen LogP contribution in [0.1, 0.15) is 22.9 Å².